The van der Waals surface area contributed by atoms with Crippen LogP contribution in [0.1, 0.15) is 23.0 Å². The van der Waals surface area contributed by atoms with E-state index in [1.165, 1.54) is 11.3 Å². The highest BCUT2D eigenvalue weighted by Gasteiger charge is 2.13. The van der Waals surface area contributed by atoms with Gasteiger partial charge in [-0.05, 0) is 43.3 Å². The number of thiazole rings is 1. The van der Waals surface area contributed by atoms with E-state index >= 15 is 0 Å². The van der Waals surface area contributed by atoms with Crippen molar-refractivity contribution in [3.8, 4) is 16.3 Å². The van der Waals surface area contributed by atoms with Crippen LogP contribution in [0.15, 0.2) is 53.9 Å². The van der Waals surface area contributed by atoms with Gasteiger partial charge in [0.05, 0.1) is 24.3 Å². The van der Waals surface area contributed by atoms with Crippen LogP contribution >= 0.6 is 11.3 Å². The van der Waals surface area contributed by atoms with Crippen LogP contribution in [-0.2, 0) is 11.2 Å². The lowest BCUT2D eigenvalue weighted by Gasteiger charge is -2.07. The van der Waals surface area contributed by atoms with Gasteiger partial charge in [-0.15, -0.1) is 11.3 Å². The maximum atomic E-state index is 12.3. The molecule has 0 aliphatic carbocycles. The number of nitrogens with one attached hydrogen (secondary N) is 2. The van der Waals surface area contributed by atoms with E-state index in [1.54, 1.807) is 31.3 Å². The maximum absolute atomic E-state index is 12.3. The summed E-state index contributed by atoms with van der Waals surface area (Å²) in [5.41, 5.74) is 2.80. The lowest BCUT2D eigenvalue weighted by Crippen LogP contribution is -2.18. The molecule has 2 N–H and O–H groups in total. The monoisotopic (exact) mass is 395 g/mol. The molecule has 0 aliphatic heterocycles. The van der Waals surface area contributed by atoms with Gasteiger partial charge in [-0.1, -0.05) is 12.1 Å². The van der Waals surface area contributed by atoms with Crippen LogP contribution in [0.4, 0.5) is 5.69 Å². The Morgan fingerprint density at radius 3 is 2.57 bits per heavy atom. The number of carbonyl (C=O) groups excluding carboxylic acids is 2. The zero-order chi connectivity index (χ0) is 19.9. The van der Waals surface area contributed by atoms with Gasteiger partial charge in [0, 0.05) is 23.7 Å². The van der Waals surface area contributed by atoms with Crippen LogP contribution in [0.5, 0.6) is 5.75 Å². The van der Waals surface area contributed by atoms with Crippen molar-refractivity contribution in [3.05, 3.63) is 65.2 Å². The minimum absolute atomic E-state index is 0.164. The fraction of sp³-hybridized carbons (Fsp3) is 0.190. The maximum Gasteiger partial charge on any atom is 0.251 e. The zero-order valence-electron chi connectivity index (χ0n) is 15.7. The predicted molar refractivity (Wildman–Crippen MR) is 111 cm³/mol. The van der Waals surface area contributed by atoms with Crippen molar-refractivity contribution in [1.29, 1.82) is 0 Å². The van der Waals surface area contributed by atoms with Crippen LogP contribution in [0.2, 0.25) is 0 Å². The normalized spacial score (nSPS) is 10.4. The molecule has 3 rings (SSSR count). The van der Waals surface area contributed by atoms with Gasteiger partial charge in [0.1, 0.15) is 10.8 Å². The summed E-state index contributed by atoms with van der Waals surface area (Å²) in [6, 6.07) is 14.5. The minimum atomic E-state index is -0.166. The lowest BCUT2D eigenvalue weighted by molar-refractivity contribution is -0.115. The summed E-state index contributed by atoms with van der Waals surface area (Å²) in [6.45, 7) is 2.52. The summed E-state index contributed by atoms with van der Waals surface area (Å²) in [7, 11) is 1.58. The van der Waals surface area contributed by atoms with E-state index in [4.69, 9.17) is 4.74 Å². The number of hydrogen-bond donors (Lipinski definition) is 2. The van der Waals surface area contributed by atoms with E-state index in [1.807, 2.05) is 36.6 Å². The average Bonchev–Trinajstić information content (AvgIpc) is 3.16. The quantitative estimate of drug-likeness (QED) is 0.638. The molecule has 1 aromatic heterocycles. The number of carbonyl (C=O) groups is 2. The van der Waals surface area contributed by atoms with E-state index in [0.29, 0.717) is 23.6 Å². The first-order valence-electron chi connectivity index (χ1n) is 8.89. The smallest absolute Gasteiger partial charge is 0.251 e. The minimum Gasteiger partial charge on any atom is -0.493 e. The number of aromatic nitrogens is 1. The molecule has 2 amide bonds. The van der Waals surface area contributed by atoms with Gasteiger partial charge in [-0.2, -0.15) is 0 Å². The second-order valence-corrected chi connectivity index (χ2v) is 6.81. The molecule has 0 saturated carbocycles. The van der Waals surface area contributed by atoms with Crippen molar-refractivity contribution >= 4 is 28.8 Å². The van der Waals surface area contributed by atoms with Crippen molar-refractivity contribution < 1.29 is 14.3 Å². The van der Waals surface area contributed by atoms with Crippen molar-refractivity contribution in [1.82, 2.24) is 10.3 Å². The van der Waals surface area contributed by atoms with Crippen molar-refractivity contribution in [3.63, 3.8) is 0 Å². The third-order valence-corrected chi connectivity index (χ3v) is 4.89. The summed E-state index contributed by atoms with van der Waals surface area (Å²) in [6.07, 6.45) is 0.171. The molecule has 0 fully saturated rings. The molecule has 144 valence electrons. The molecule has 28 heavy (non-hydrogen) atoms. The highest BCUT2D eigenvalue weighted by atomic mass is 32.1. The third-order valence-electron chi connectivity index (χ3n) is 3.97. The Bertz CT molecular complexity index is 967. The molecule has 6 nitrogen and oxygen atoms in total. The number of para-hydroxylation sites is 1. The van der Waals surface area contributed by atoms with E-state index in [2.05, 4.69) is 15.6 Å². The number of anilines is 1. The SMILES string of the molecule is CCOc1ccccc1-c1nc(CC(=O)Nc2ccc(C(=O)NC)cc2)cs1. The molecule has 0 bridgehead atoms. The van der Waals surface area contributed by atoms with Gasteiger partial charge >= 0.3 is 0 Å². The summed E-state index contributed by atoms with van der Waals surface area (Å²) >= 11 is 1.48. The van der Waals surface area contributed by atoms with Gasteiger partial charge in [0.15, 0.2) is 0 Å². The fourth-order valence-electron chi connectivity index (χ4n) is 2.66. The lowest BCUT2D eigenvalue weighted by atomic mass is 10.2. The standard InChI is InChI=1S/C21H21N3O3S/c1-3-27-18-7-5-4-6-17(18)21-24-16(13-28-21)12-19(25)23-15-10-8-14(9-11-15)20(26)22-2/h4-11,13H,3,12H2,1-2H3,(H,22,26)(H,23,25). The Morgan fingerprint density at radius 2 is 1.86 bits per heavy atom. The number of hydrogen-bond acceptors (Lipinski definition) is 5. The highest BCUT2D eigenvalue weighted by Crippen LogP contribution is 2.32. The third kappa shape index (κ3) is 4.75. The fourth-order valence-corrected chi connectivity index (χ4v) is 3.50. The Kier molecular flexibility index (Phi) is 6.39. The van der Waals surface area contributed by atoms with Gasteiger partial charge in [-0.25, -0.2) is 4.98 Å². The van der Waals surface area contributed by atoms with E-state index in [0.717, 1.165) is 16.3 Å². The molecule has 2 aromatic carbocycles. The first-order valence-corrected chi connectivity index (χ1v) is 9.77. The highest BCUT2D eigenvalue weighted by molar-refractivity contribution is 7.13. The van der Waals surface area contributed by atoms with Crippen LogP contribution in [0, 0.1) is 0 Å². The number of benzene rings is 2. The molecule has 0 spiro atoms. The summed E-state index contributed by atoms with van der Waals surface area (Å²) in [4.78, 5) is 28.5. The predicted octanol–water partition coefficient (Wildman–Crippen LogP) is 3.75. The van der Waals surface area contributed by atoms with Gasteiger partial charge in [0.2, 0.25) is 5.91 Å². The molecule has 0 saturated heterocycles. The number of amides is 2. The second kappa shape index (κ2) is 9.14. The molecular weight excluding hydrogens is 374 g/mol. The molecule has 7 heteroatoms. The van der Waals surface area contributed by atoms with E-state index < -0.39 is 0 Å². The van der Waals surface area contributed by atoms with Crippen LogP contribution in [-0.4, -0.2) is 30.5 Å². The first-order chi connectivity index (χ1) is 13.6. The van der Waals surface area contributed by atoms with Gasteiger partial charge in [-0.3, -0.25) is 9.59 Å². The van der Waals surface area contributed by atoms with E-state index in [9.17, 15) is 9.59 Å². The summed E-state index contributed by atoms with van der Waals surface area (Å²) in [5, 5.41) is 8.09. The molecule has 1 heterocycles. The molecule has 0 atom stereocenters. The van der Waals surface area contributed by atoms with Crippen LogP contribution < -0.4 is 15.4 Å². The van der Waals surface area contributed by atoms with Gasteiger partial charge < -0.3 is 15.4 Å². The molecule has 0 aliphatic rings. The van der Waals surface area contributed by atoms with E-state index in [-0.39, 0.29) is 18.2 Å². The Labute approximate surface area is 167 Å². The number of ether oxygens (including phenoxy) is 1. The van der Waals surface area contributed by atoms with Crippen molar-refractivity contribution in [2.75, 3.05) is 19.0 Å². The number of rotatable bonds is 7. The van der Waals surface area contributed by atoms with Crippen molar-refractivity contribution in [2.45, 2.75) is 13.3 Å². The number of nitrogens with zero attached hydrogens (tertiary/aromatic N) is 1. The first kappa shape index (κ1) is 19.6. The molecule has 3 aromatic rings. The Hall–Kier alpha value is -3.19. The average molecular weight is 395 g/mol. The largest absolute Gasteiger partial charge is 0.493 e. The topological polar surface area (TPSA) is 80.3 Å². The Balaban J connectivity index is 1.65. The summed E-state index contributed by atoms with van der Waals surface area (Å²) in [5.74, 6) is 0.453. The van der Waals surface area contributed by atoms with Crippen LogP contribution in [0.25, 0.3) is 10.6 Å². The molecule has 0 unspecified atom stereocenters. The molecular formula is C21H21N3O3S. The Morgan fingerprint density at radius 1 is 1.11 bits per heavy atom. The van der Waals surface area contributed by atoms with Crippen molar-refractivity contribution in [2.24, 2.45) is 0 Å². The van der Waals surface area contributed by atoms with Crippen LogP contribution in [0.3, 0.4) is 0 Å². The zero-order valence-corrected chi connectivity index (χ0v) is 16.5. The molecule has 0 radical (unpaired) electrons. The van der Waals surface area contributed by atoms with Gasteiger partial charge in [0.25, 0.3) is 5.91 Å². The second-order valence-electron chi connectivity index (χ2n) is 5.95. The summed E-state index contributed by atoms with van der Waals surface area (Å²) < 4.78 is 5.65.